The summed E-state index contributed by atoms with van der Waals surface area (Å²) in [4.78, 5) is 70.6. The van der Waals surface area contributed by atoms with Crippen molar-refractivity contribution in [2.75, 3.05) is 31.4 Å². The van der Waals surface area contributed by atoms with Crippen LogP contribution < -0.4 is 25.5 Å². The number of likely N-dealkylation sites (N-methyl/N-ethyl adjacent to an activating group) is 1. The van der Waals surface area contributed by atoms with E-state index in [9.17, 15) is 41.9 Å². The molecule has 4 aromatic heterocycles. The van der Waals surface area contributed by atoms with Gasteiger partial charge in [-0.25, -0.2) is 22.4 Å². The molecule has 0 saturated heterocycles. The van der Waals surface area contributed by atoms with Crippen LogP contribution in [0, 0.1) is 19.7 Å². The van der Waals surface area contributed by atoms with Crippen LogP contribution in [-0.2, 0) is 43.8 Å². The number of H-pyrrole nitrogens is 2. The number of carbonyl (C=O) groups is 3. The molecular weight excluding hydrogens is 926 g/mol. The second-order valence-electron chi connectivity index (χ2n) is 18.1. The second-order valence-corrected chi connectivity index (χ2v) is 20.1. The number of nitrogens with one attached hydrogen (secondary N) is 2. The Morgan fingerprint density at radius 3 is 1.74 bits per heavy atom. The van der Waals surface area contributed by atoms with E-state index in [4.69, 9.17) is 18.9 Å². The van der Waals surface area contributed by atoms with E-state index in [0.29, 0.717) is 66.9 Å². The molecule has 0 spiro atoms. The van der Waals surface area contributed by atoms with Crippen molar-refractivity contribution in [1.82, 2.24) is 19.1 Å². The van der Waals surface area contributed by atoms with Crippen LogP contribution >= 0.6 is 0 Å². The number of hydrogen-bond donors (Lipinski definition) is 3. The number of halogens is 1. The number of rotatable bonds is 10. The molecule has 1 amide bonds. The highest BCUT2D eigenvalue weighted by Gasteiger charge is 2.41. The molecule has 70 heavy (non-hydrogen) atoms. The third-order valence-corrected chi connectivity index (χ3v) is 12.9. The minimum atomic E-state index is -3.67. The molecule has 3 aromatic carbocycles. The van der Waals surface area contributed by atoms with Crippen molar-refractivity contribution in [2.24, 2.45) is 14.1 Å². The molecule has 1 aliphatic rings. The molecule has 0 saturated carbocycles. The van der Waals surface area contributed by atoms with E-state index in [0.717, 1.165) is 6.26 Å². The fraction of sp³-hybridized carbons (Fsp3) is 0.314. The Kier molecular flexibility index (Phi) is 13.3. The average Bonchev–Trinajstić information content (AvgIpc) is 3.93. The number of esters is 2. The number of fused-ring (bicyclic) bond motifs is 3. The van der Waals surface area contributed by atoms with Gasteiger partial charge in [-0.2, -0.15) is 0 Å². The topological polar surface area (TPSA) is 221 Å². The molecular formula is C51H54FN5O12S. The summed E-state index contributed by atoms with van der Waals surface area (Å²) < 4.78 is 64.2. The number of aromatic amines is 2. The molecule has 1 aliphatic heterocycles. The minimum Gasteiger partial charge on any atom is -0.475 e. The van der Waals surface area contributed by atoms with Gasteiger partial charge < -0.3 is 48.1 Å². The Morgan fingerprint density at radius 2 is 1.27 bits per heavy atom. The molecule has 368 valence electrons. The Bertz CT molecular complexity index is 3520. The maximum absolute atomic E-state index is 13.9. The minimum absolute atomic E-state index is 0.0246. The van der Waals surface area contributed by atoms with E-state index in [1.807, 2.05) is 0 Å². The maximum Gasteiger partial charge on any atom is 0.354 e. The van der Waals surface area contributed by atoms with Gasteiger partial charge in [0.2, 0.25) is 0 Å². The van der Waals surface area contributed by atoms with Crippen LogP contribution in [0.15, 0.2) is 81.5 Å². The van der Waals surface area contributed by atoms with Crippen LogP contribution in [0.25, 0.3) is 44.1 Å². The lowest BCUT2D eigenvalue weighted by Crippen LogP contribution is -2.51. The van der Waals surface area contributed by atoms with Crippen LogP contribution in [0.1, 0.15) is 79.2 Å². The third-order valence-electron chi connectivity index (χ3n) is 11.8. The van der Waals surface area contributed by atoms with Gasteiger partial charge in [0.25, 0.3) is 17.0 Å². The summed E-state index contributed by atoms with van der Waals surface area (Å²) >= 11 is 0. The zero-order valence-electron chi connectivity index (χ0n) is 40.8. The van der Waals surface area contributed by atoms with Gasteiger partial charge >= 0.3 is 11.9 Å². The predicted octanol–water partition coefficient (Wildman–Crippen LogP) is 7.73. The van der Waals surface area contributed by atoms with Crippen LogP contribution in [0.5, 0.6) is 17.2 Å². The van der Waals surface area contributed by atoms with Crippen molar-refractivity contribution in [3.8, 4) is 39.5 Å². The molecule has 3 N–H and O–H groups in total. The molecule has 19 heteroatoms. The van der Waals surface area contributed by atoms with Gasteiger partial charge in [-0.1, -0.05) is 6.07 Å². The average molecular weight is 980 g/mol. The first kappa shape index (κ1) is 50.4. The molecule has 0 atom stereocenters. The van der Waals surface area contributed by atoms with Gasteiger partial charge in [0.1, 0.15) is 28.7 Å². The van der Waals surface area contributed by atoms with Crippen LogP contribution in [-0.4, -0.2) is 82.6 Å². The highest BCUT2D eigenvalue weighted by molar-refractivity contribution is 7.90. The number of hydrogen-bond acceptors (Lipinski definition) is 12. The van der Waals surface area contributed by atoms with Crippen molar-refractivity contribution >= 4 is 55.2 Å². The molecule has 17 nitrogen and oxygen atoms in total. The smallest absolute Gasteiger partial charge is 0.354 e. The fourth-order valence-electron chi connectivity index (χ4n) is 8.28. The van der Waals surface area contributed by atoms with Gasteiger partial charge in [-0.3, -0.25) is 14.4 Å². The zero-order valence-corrected chi connectivity index (χ0v) is 41.6. The van der Waals surface area contributed by atoms with Crippen LogP contribution in [0.4, 0.5) is 10.1 Å². The number of nitrogens with zero attached hydrogens (tertiary/aromatic N) is 3. The lowest BCUT2D eigenvalue weighted by atomic mass is 9.93. The number of pyridine rings is 2. The van der Waals surface area contributed by atoms with E-state index >= 15 is 0 Å². The van der Waals surface area contributed by atoms with Crippen molar-refractivity contribution in [2.45, 2.75) is 71.5 Å². The number of aromatic nitrogens is 4. The molecule has 0 radical (unpaired) electrons. The number of benzene rings is 3. The van der Waals surface area contributed by atoms with Gasteiger partial charge in [-0.05, 0) is 121 Å². The second kappa shape index (κ2) is 18.4. The number of aryl methyl sites for hydroxylation is 4. The number of anilines is 1. The highest BCUT2D eigenvalue weighted by atomic mass is 32.2. The number of aliphatic hydroxyl groups is 1. The molecule has 7 aromatic rings. The Labute approximate surface area is 402 Å². The van der Waals surface area contributed by atoms with Crippen LogP contribution in [0.2, 0.25) is 0 Å². The monoisotopic (exact) mass is 979 g/mol. The van der Waals surface area contributed by atoms with E-state index in [2.05, 4.69) is 9.97 Å². The first-order valence-electron chi connectivity index (χ1n) is 22.1. The number of carbonyl (C=O) groups excluding carboxylic acids is 3. The van der Waals surface area contributed by atoms with E-state index in [-0.39, 0.29) is 69.2 Å². The normalized spacial score (nSPS) is 13.4. The molecule has 0 aliphatic carbocycles. The number of sulfone groups is 1. The summed E-state index contributed by atoms with van der Waals surface area (Å²) in [6.45, 7) is 13.8. The van der Waals surface area contributed by atoms with Crippen molar-refractivity contribution in [1.29, 1.82) is 0 Å². The molecule has 0 fully saturated rings. The largest absolute Gasteiger partial charge is 0.475 e. The van der Waals surface area contributed by atoms with Crippen molar-refractivity contribution < 1.29 is 51.2 Å². The van der Waals surface area contributed by atoms with Gasteiger partial charge in [0.15, 0.2) is 21.2 Å². The summed E-state index contributed by atoms with van der Waals surface area (Å²) in [7, 11) is 1.05. The van der Waals surface area contributed by atoms with E-state index in [1.54, 1.807) is 101 Å². The first-order chi connectivity index (χ1) is 32.7. The van der Waals surface area contributed by atoms with Gasteiger partial charge in [0, 0.05) is 62.0 Å². The zero-order chi connectivity index (χ0) is 51.5. The molecule has 5 heterocycles. The predicted molar refractivity (Wildman–Crippen MR) is 262 cm³/mol. The number of ether oxygens (including phenoxy) is 4. The number of amides is 1. The van der Waals surface area contributed by atoms with Crippen molar-refractivity contribution in [3.05, 3.63) is 122 Å². The lowest BCUT2D eigenvalue weighted by molar-refractivity contribution is -0.132. The summed E-state index contributed by atoms with van der Waals surface area (Å²) in [6, 6.07) is 13.8. The highest BCUT2D eigenvalue weighted by Crippen LogP contribution is 2.47. The fourth-order valence-corrected chi connectivity index (χ4v) is 8.94. The quantitative estimate of drug-likeness (QED) is 0.112. The van der Waals surface area contributed by atoms with Crippen molar-refractivity contribution in [3.63, 3.8) is 0 Å². The summed E-state index contributed by atoms with van der Waals surface area (Å²) in [5.41, 5.74) is 2.08. The molecule has 8 rings (SSSR count). The standard InChI is InChI=1S/C28H29FN2O5.C23H25N3O7S/c1-7-35-27(33)22-13-20-24(30-22)21(14-31(6)26(20)32)19-12-17(28(4,5)34)8-9-23(19)36-25-15(2)10-18(29)11-16(25)3;1-7-32-21(28)16-10-14-18(24-16)15(11-25(4)20(14)27)13-8-12(34(6,30)31)9-17-19(13)33-23(2,3)22(29)26(17)5/h8-14,30,34H,7H2,1-6H3;8-11,24H,7H2,1-6H3. The first-order valence-corrected chi connectivity index (χ1v) is 24.0. The SMILES string of the molecule is CCOC(=O)c1cc2c(=O)n(C)cc(-c3cc(C(C)(C)O)ccc3Oc3c(C)cc(F)cc3C)c2[nH]1.CCOC(=O)c1cc2c(=O)n(C)cc(-c3cc(S(C)(=O)=O)cc4c3OC(C)(C)C(=O)N4C)c2[nH]1. The Hall–Kier alpha value is -7.51. The van der Waals surface area contributed by atoms with Gasteiger partial charge in [0.05, 0.1) is 51.2 Å². The summed E-state index contributed by atoms with van der Waals surface area (Å²) in [6.07, 6.45) is 4.25. The van der Waals surface area contributed by atoms with Gasteiger partial charge in [-0.15, -0.1) is 0 Å². The lowest BCUT2D eigenvalue weighted by Gasteiger charge is -2.38. The molecule has 0 bridgehead atoms. The van der Waals surface area contributed by atoms with Crippen LogP contribution in [0.3, 0.4) is 0 Å². The Balaban J connectivity index is 0.000000207. The third kappa shape index (κ3) is 9.45. The van der Waals surface area contributed by atoms with E-state index < -0.39 is 33.0 Å². The summed E-state index contributed by atoms with van der Waals surface area (Å²) in [5, 5.41) is 11.2. The maximum atomic E-state index is 13.9. The summed E-state index contributed by atoms with van der Waals surface area (Å²) in [5.74, 6) is -0.658. The Morgan fingerprint density at radius 1 is 0.771 bits per heavy atom. The molecule has 0 unspecified atom stereocenters. The van der Waals surface area contributed by atoms with E-state index in [1.165, 1.54) is 56.6 Å².